The number of nitro groups is 1. The molecule has 17 heavy (non-hydrogen) atoms. The van der Waals surface area contributed by atoms with Crippen molar-refractivity contribution in [2.45, 2.75) is 25.9 Å². The number of nitrogens with zero attached hydrogens (tertiary/aromatic N) is 1. The predicted molar refractivity (Wildman–Crippen MR) is 64.2 cm³/mol. The van der Waals surface area contributed by atoms with E-state index in [2.05, 4.69) is 11.9 Å². The van der Waals surface area contributed by atoms with Gasteiger partial charge in [-0.15, -0.1) is 6.58 Å². The van der Waals surface area contributed by atoms with Crippen molar-refractivity contribution in [1.82, 2.24) is 5.32 Å². The largest absolute Gasteiger partial charge is 0.310 e. The van der Waals surface area contributed by atoms with Gasteiger partial charge < -0.3 is 5.32 Å². The highest BCUT2D eigenvalue weighted by molar-refractivity contribution is 5.35. The molecule has 0 spiro atoms. The van der Waals surface area contributed by atoms with E-state index in [1.807, 2.05) is 6.92 Å². The Bertz CT molecular complexity index is 421. The second kappa shape index (κ2) is 6.10. The fourth-order valence-electron chi connectivity index (χ4n) is 1.47. The van der Waals surface area contributed by atoms with E-state index >= 15 is 0 Å². The molecule has 1 unspecified atom stereocenters. The molecule has 0 aliphatic rings. The first-order chi connectivity index (χ1) is 8.02. The van der Waals surface area contributed by atoms with Crippen molar-refractivity contribution in [3.05, 3.63) is 52.3 Å². The number of nitro benzene ring substituents is 1. The first-order valence-electron chi connectivity index (χ1n) is 5.31. The molecule has 1 N–H and O–H groups in total. The van der Waals surface area contributed by atoms with Gasteiger partial charge in [-0.1, -0.05) is 6.08 Å². The van der Waals surface area contributed by atoms with Gasteiger partial charge in [0, 0.05) is 18.7 Å². The fraction of sp³-hybridized carbons (Fsp3) is 0.333. The molecular weight excluding hydrogens is 223 g/mol. The summed E-state index contributed by atoms with van der Waals surface area (Å²) >= 11 is 0. The van der Waals surface area contributed by atoms with Gasteiger partial charge in [0.05, 0.1) is 11.0 Å². The smallest absolute Gasteiger partial charge is 0.272 e. The number of halogens is 1. The quantitative estimate of drug-likeness (QED) is 0.471. The van der Waals surface area contributed by atoms with E-state index in [9.17, 15) is 14.5 Å². The molecule has 1 atom stereocenters. The summed E-state index contributed by atoms with van der Waals surface area (Å²) < 4.78 is 13.1. The monoisotopic (exact) mass is 238 g/mol. The third-order valence-corrected chi connectivity index (χ3v) is 2.33. The topological polar surface area (TPSA) is 55.2 Å². The van der Waals surface area contributed by atoms with Gasteiger partial charge in [0.2, 0.25) is 0 Å². The highest BCUT2D eigenvalue weighted by Crippen LogP contribution is 2.16. The molecule has 5 heteroatoms. The molecule has 0 bridgehead atoms. The summed E-state index contributed by atoms with van der Waals surface area (Å²) in [7, 11) is 0. The van der Waals surface area contributed by atoms with E-state index in [1.54, 1.807) is 6.08 Å². The van der Waals surface area contributed by atoms with Gasteiger partial charge in [-0.3, -0.25) is 10.1 Å². The van der Waals surface area contributed by atoms with Crippen LogP contribution in [0, 0.1) is 15.9 Å². The molecule has 0 fully saturated rings. The minimum absolute atomic E-state index is 0.204. The number of nitrogens with one attached hydrogen (secondary N) is 1. The Morgan fingerprint density at radius 3 is 2.88 bits per heavy atom. The number of rotatable bonds is 6. The van der Waals surface area contributed by atoms with Gasteiger partial charge in [-0.25, -0.2) is 4.39 Å². The lowest BCUT2D eigenvalue weighted by Gasteiger charge is -2.11. The van der Waals surface area contributed by atoms with Crippen LogP contribution in [0.5, 0.6) is 0 Å². The molecule has 0 aliphatic carbocycles. The first-order valence-corrected chi connectivity index (χ1v) is 5.31. The summed E-state index contributed by atoms with van der Waals surface area (Å²) in [5.74, 6) is -0.590. The van der Waals surface area contributed by atoms with Gasteiger partial charge >= 0.3 is 0 Å². The molecule has 1 rings (SSSR count). The Labute approximate surface area is 99.3 Å². The third-order valence-electron chi connectivity index (χ3n) is 2.33. The van der Waals surface area contributed by atoms with Crippen LogP contribution in [0.1, 0.15) is 18.9 Å². The van der Waals surface area contributed by atoms with E-state index in [-0.39, 0.29) is 11.7 Å². The maximum absolute atomic E-state index is 13.1. The van der Waals surface area contributed by atoms with Crippen LogP contribution in [0.4, 0.5) is 10.1 Å². The zero-order valence-electron chi connectivity index (χ0n) is 9.65. The lowest BCUT2D eigenvalue weighted by molar-refractivity contribution is -0.385. The van der Waals surface area contributed by atoms with Crippen LogP contribution in [-0.2, 0) is 6.54 Å². The Kier molecular flexibility index (Phi) is 4.78. The molecule has 4 nitrogen and oxygen atoms in total. The van der Waals surface area contributed by atoms with Crippen molar-refractivity contribution in [3.8, 4) is 0 Å². The van der Waals surface area contributed by atoms with Crippen LogP contribution >= 0.6 is 0 Å². The van der Waals surface area contributed by atoms with E-state index < -0.39 is 10.7 Å². The Balaban J connectivity index is 2.71. The average Bonchev–Trinajstić information content (AvgIpc) is 2.26. The van der Waals surface area contributed by atoms with Crippen molar-refractivity contribution >= 4 is 5.69 Å². The number of benzene rings is 1. The lowest BCUT2D eigenvalue weighted by Crippen LogP contribution is -2.24. The molecule has 0 radical (unpaired) electrons. The van der Waals surface area contributed by atoms with Crippen LogP contribution in [-0.4, -0.2) is 11.0 Å². The molecule has 0 aliphatic heterocycles. The maximum Gasteiger partial charge on any atom is 0.272 e. The highest BCUT2D eigenvalue weighted by Gasteiger charge is 2.10. The minimum Gasteiger partial charge on any atom is -0.310 e. The molecule has 0 saturated carbocycles. The first kappa shape index (κ1) is 13.3. The van der Waals surface area contributed by atoms with Gasteiger partial charge in [-0.05, 0) is 25.0 Å². The molecule has 0 amide bonds. The van der Waals surface area contributed by atoms with Gasteiger partial charge in [0.15, 0.2) is 0 Å². The van der Waals surface area contributed by atoms with Crippen molar-refractivity contribution in [2.75, 3.05) is 0 Å². The normalized spacial score (nSPS) is 12.1. The minimum atomic E-state index is -0.597. The fourth-order valence-corrected chi connectivity index (χ4v) is 1.47. The van der Waals surface area contributed by atoms with Crippen molar-refractivity contribution in [3.63, 3.8) is 0 Å². The van der Waals surface area contributed by atoms with Gasteiger partial charge in [0.25, 0.3) is 5.69 Å². The number of hydrogen-bond acceptors (Lipinski definition) is 3. The summed E-state index contributed by atoms with van der Waals surface area (Å²) in [6.07, 6.45) is 2.57. The third kappa shape index (κ3) is 4.32. The van der Waals surface area contributed by atoms with Crippen LogP contribution in [0.15, 0.2) is 30.9 Å². The van der Waals surface area contributed by atoms with E-state index in [1.165, 1.54) is 12.1 Å². The van der Waals surface area contributed by atoms with Crippen molar-refractivity contribution < 1.29 is 9.31 Å². The highest BCUT2D eigenvalue weighted by atomic mass is 19.1. The van der Waals surface area contributed by atoms with E-state index in [4.69, 9.17) is 0 Å². The lowest BCUT2D eigenvalue weighted by atomic mass is 10.1. The van der Waals surface area contributed by atoms with Crippen LogP contribution in [0.2, 0.25) is 0 Å². The van der Waals surface area contributed by atoms with E-state index in [0.29, 0.717) is 12.1 Å². The summed E-state index contributed by atoms with van der Waals surface area (Å²) in [4.78, 5) is 9.95. The molecule has 0 aromatic heterocycles. The molecule has 92 valence electrons. The Morgan fingerprint density at radius 1 is 1.59 bits per heavy atom. The maximum atomic E-state index is 13.1. The zero-order valence-corrected chi connectivity index (χ0v) is 9.65. The summed E-state index contributed by atoms with van der Waals surface area (Å²) in [6, 6.07) is 3.78. The average molecular weight is 238 g/mol. The van der Waals surface area contributed by atoms with Gasteiger partial charge in [-0.2, -0.15) is 0 Å². The number of non-ortho nitro benzene ring substituents is 1. The molecule has 1 aromatic carbocycles. The predicted octanol–water partition coefficient (Wildman–Crippen LogP) is 2.79. The van der Waals surface area contributed by atoms with E-state index in [0.717, 1.165) is 12.5 Å². The number of hydrogen-bond donors (Lipinski definition) is 1. The summed E-state index contributed by atoms with van der Waals surface area (Å²) in [6.45, 7) is 5.98. The second-order valence-electron chi connectivity index (χ2n) is 3.88. The molecular formula is C12H15FN2O2. The molecule has 0 heterocycles. The van der Waals surface area contributed by atoms with Crippen molar-refractivity contribution in [1.29, 1.82) is 0 Å². The second-order valence-corrected chi connectivity index (χ2v) is 3.88. The Hall–Kier alpha value is -1.75. The van der Waals surface area contributed by atoms with Crippen molar-refractivity contribution in [2.24, 2.45) is 0 Å². The zero-order chi connectivity index (χ0) is 12.8. The molecule has 0 saturated heterocycles. The Morgan fingerprint density at radius 2 is 2.29 bits per heavy atom. The summed E-state index contributed by atoms with van der Waals surface area (Å²) in [5, 5.41) is 13.7. The van der Waals surface area contributed by atoms with Crippen LogP contribution in [0.3, 0.4) is 0 Å². The van der Waals surface area contributed by atoms with Crippen LogP contribution in [0.25, 0.3) is 0 Å². The summed E-state index contributed by atoms with van der Waals surface area (Å²) in [5.41, 5.74) is 0.339. The van der Waals surface area contributed by atoms with Crippen LogP contribution < -0.4 is 5.32 Å². The molecule has 1 aromatic rings. The SMILES string of the molecule is C=CCC(C)NCc1cc(F)cc([N+](=O)[O-])c1. The standard InChI is InChI=1S/C12H15FN2O2/c1-3-4-9(2)14-8-10-5-11(13)7-12(6-10)15(16)17/h3,5-7,9,14H,1,4,8H2,2H3. The van der Waals surface area contributed by atoms with Gasteiger partial charge in [0.1, 0.15) is 5.82 Å².